The molecule has 1 amide bonds. The van der Waals surface area contributed by atoms with Crippen molar-refractivity contribution in [2.45, 2.75) is 6.17 Å². The van der Waals surface area contributed by atoms with Gasteiger partial charge in [0.25, 0.3) is 0 Å². The summed E-state index contributed by atoms with van der Waals surface area (Å²) < 4.78 is 0. The molecule has 0 bridgehead atoms. The average molecular weight is 168 g/mol. The lowest BCUT2D eigenvalue weighted by atomic mass is 10.3. The molecule has 1 aromatic rings. The quantitative estimate of drug-likeness (QED) is 0.640. The molecule has 58 valence electrons. The molecule has 2 N–H and O–H groups in total. The third kappa shape index (κ3) is 1.27. The SMILES string of the molecule is O=C1CNC(c2ccsc2)N1. The maximum absolute atomic E-state index is 10.8. The molecule has 2 rings (SSSR count). The Morgan fingerprint density at radius 2 is 2.55 bits per heavy atom. The lowest BCUT2D eigenvalue weighted by molar-refractivity contribution is -0.118. The van der Waals surface area contributed by atoms with Crippen molar-refractivity contribution in [1.82, 2.24) is 10.6 Å². The molecular formula is C7H8N2OS. The summed E-state index contributed by atoms with van der Waals surface area (Å²) in [7, 11) is 0. The molecule has 2 heterocycles. The van der Waals surface area contributed by atoms with Gasteiger partial charge in [-0.25, -0.2) is 0 Å². The highest BCUT2D eigenvalue weighted by Crippen LogP contribution is 2.15. The first-order valence-electron chi connectivity index (χ1n) is 3.41. The molecule has 1 saturated heterocycles. The molecule has 0 spiro atoms. The number of hydrogen-bond acceptors (Lipinski definition) is 3. The van der Waals surface area contributed by atoms with E-state index in [-0.39, 0.29) is 12.1 Å². The number of carbonyl (C=O) groups is 1. The second-order valence-electron chi connectivity index (χ2n) is 2.44. The molecular weight excluding hydrogens is 160 g/mol. The lowest BCUT2D eigenvalue weighted by Crippen LogP contribution is -2.21. The Kier molecular flexibility index (Phi) is 1.63. The van der Waals surface area contributed by atoms with Crippen LogP contribution in [0.4, 0.5) is 0 Å². The normalized spacial score (nSPS) is 23.6. The van der Waals surface area contributed by atoms with Gasteiger partial charge >= 0.3 is 0 Å². The number of rotatable bonds is 1. The Labute approximate surface area is 68.4 Å². The summed E-state index contributed by atoms with van der Waals surface area (Å²) in [5, 5.41) is 9.90. The van der Waals surface area contributed by atoms with Gasteiger partial charge in [-0.2, -0.15) is 11.3 Å². The molecule has 1 unspecified atom stereocenters. The van der Waals surface area contributed by atoms with Gasteiger partial charge in [0.15, 0.2) is 0 Å². The number of thiophene rings is 1. The van der Waals surface area contributed by atoms with E-state index in [9.17, 15) is 4.79 Å². The maximum atomic E-state index is 10.8. The van der Waals surface area contributed by atoms with Crippen molar-refractivity contribution in [2.75, 3.05) is 6.54 Å². The van der Waals surface area contributed by atoms with Gasteiger partial charge in [0.1, 0.15) is 6.17 Å². The first kappa shape index (κ1) is 6.82. The molecule has 4 heteroatoms. The summed E-state index contributed by atoms with van der Waals surface area (Å²) in [5.74, 6) is 0.0706. The summed E-state index contributed by atoms with van der Waals surface area (Å²) in [6.07, 6.45) is 0.0359. The van der Waals surface area contributed by atoms with Crippen LogP contribution in [0.3, 0.4) is 0 Å². The van der Waals surface area contributed by atoms with E-state index < -0.39 is 0 Å². The molecule has 3 nitrogen and oxygen atoms in total. The van der Waals surface area contributed by atoms with Gasteiger partial charge in [-0.15, -0.1) is 0 Å². The number of hydrogen-bond donors (Lipinski definition) is 2. The van der Waals surface area contributed by atoms with Crippen molar-refractivity contribution in [2.24, 2.45) is 0 Å². The average Bonchev–Trinajstić information content (AvgIpc) is 2.55. The van der Waals surface area contributed by atoms with E-state index in [0.717, 1.165) is 5.56 Å². The van der Waals surface area contributed by atoms with Crippen LogP contribution < -0.4 is 10.6 Å². The van der Waals surface area contributed by atoms with Crippen LogP contribution in [-0.4, -0.2) is 12.5 Å². The van der Waals surface area contributed by atoms with E-state index >= 15 is 0 Å². The van der Waals surface area contributed by atoms with Gasteiger partial charge in [0, 0.05) is 0 Å². The largest absolute Gasteiger partial charge is 0.336 e. The molecule has 0 aliphatic carbocycles. The zero-order valence-corrected chi connectivity index (χ0v) is 6.65. The molecule has 1 atom stereocenters. The number of carbonyl (C=O) groups excluding carboxylic acids is 1. The molecule has 0 aromatic carbocycles. The molecule has 11 heavy (non-hydrogen) atoms. The van der Waals surface area contributed by atoms with E-state index in [1.807, 2.05) is 16.8 Å². The zero-order chi connectivity index (χ0) is 7.68. The van der Waals surface area contributed by atoms with E-state index in [4.69, 9.17) is 0 Å². The predicted octanol–water partition coefficient (Wildman–Crippen LogP) is 0.466. The summed E-state index contributed by atoms with van der Waals surface area (Å²) in [5.41, 5.74) is 1.14. The zero-order valence-electron chi connectivity index (χ0n) is 5.83. The third-order valence-corrected chi connectivity index (χ3v) is 2.35. The van der Waals surface area contributed by atoms with Gasteiger partial charge in [0.2, 0.25) is 5.91 Å². The number of nitrogens with one attached hydrogen (secondary N) is 2. The van der Waals surface area contributed by atoms with Crippen LogP contribution in [0.2, 0.25) is 0 Å². The highest BCUT2D eigenvalue weighted by atomic mass is 32.1. The second kappa shape index (κ2) is 2.64. The first-order valence-corrected chi connectivity index (χ1v) is 4.35. The summed E-state index contributed by atoms with van der Waals surface area (Å²) >= 11 is 1.64. The van der Waals surface area contributed by atoms with E-state index in [1.165, 1.54) is 0 Å². The summed E-state index contributed by atoms with van der Waals surface area (Å²) in [4.78, 5) is 10.8. The van der Waals surface area contributed by atoms with Crippen LogP contribution in [0.5, 0.6) is 0 Å². The number of amides is 1. The second-order valence-corrected chi connectivity index (χ2v) is 3.22. The Morgan fingerprint density at radius 1 is 1.64 bits per heavy atom. The van der Waals surface area contributed by atoms with E-state index in [2.05, 4.69) is 10.6 Å². The van der Waals surface area contributed by atoms with E-state index in [1.54, 1.807) is 11.3 Å². The van der Waals surface area contributed by atoms with Crippen molar-refractivity contribution in [3.8, 4) is 0 Å². The predicted molar refractivity (Wildman–Crippen MR) is 43.2 cm³/mol. The van der Waals surface area contributed by atoms with Crippen LogP contribution in [-0.2, 0) is 4.79 Å². The fraction of sp³-hybridized carbons (Fsp3) is 0.286. The Bertz CT molecular complexity index is 257. The van der Waals surface area contributed by atoms with Gasteiger partial charge in [-0.1, -0.05) is 0 Å². The standard InChI is InChI=1S/C7H8N2OS/c10-6-3-8-7(9-6)5-1-2-11-4-5/h1-2,4,7-8H,3H2,(H,9,10). The van der Waals surface area contributed by atoms with Crippen molar-refractivity contribution in [1.29, 1.82) is 0 Å². The van der Waals surface area contributed by atoms with E-state index in [0.29, 0.717) is 6.54 Å². The molecule has 0 radical (unpaired) electrons. The van der Waals surface area contributed by atoms with Gasteiger partial charge in [0.05, 0.1) is 6.54 Å². The fourth-order valence-corrected chi connectivity index (χ4v) is 1.78. The van der Waals surface area contributed by atoms with Crippen molar-refractivity contribution in [3.05, 3.63) is 22.4 Å². The van der Waals surface area contributed by atoms with Crippen molar-refractivity contribution < 1.29 is 4.79 Å². The fourth-order valence-electron chi connectivity index (χ4n) is 1.10. The monoisotopic (exact) mass is 168 g/mol. The smallest absolute Gasteiger partial charge is 0.235 e. The van der Waals surface area contributed by atoms with Crippen molar-refractivity contribution >= 4 is 17.2 Å². The molecule has 1 aliphatic heterocycles. The molecule has 1 fully saturated rings. The minimum Gasteiger partial charge on any atom is -0.336 e. The Morgan fingerprint density at radius 3 is 3.09 bits per heavy atom. The third-order valence-electron chi connectivity index (χ3n) is 1.65. The van der Waals surface area contributed by atoms with Crippen LogP contribution in [0.1, 0.15) is 11.7 Å². The van der Waals surface area contributed by atoms with Crippen LogP contribution in [0.15, 0.2) is 16.8 Å². The van der Waals surface area contributed by atoms with Gasteiger partial charge < -0.3 is 5.32 Å². The lowest BCUT2D eigenvalue weighted by Gasteiger charge is -2.06. The van der Waals surface area contributed by atoms with Gasteiger partial charge in [-0.05, 0) is 22.4 Å². The van der Waals surface area contributed by atoms with Crippen LogP contribution >= 0.6 is 11.3 Å². The van der Waals surface area contributed by atoms with Crippen LogP contribution in [0.25, 0.3) is 0 Å². The minimum absolute atomic E-state index is 0.0359. The first-order chi connectivity index (χ1) is 5.36. The minimum atomic E-state index is 0.0359. The Balaban J connectivity index is 2.13. The molecule has 1 aromatic heterocycles. The topological polar surface area (TPSA) is 41.1 Å². The summed E-state index contributed by atoms with van der Waals surface area (Å²) in [6.45, 7) is 0.431. The highest BCUT2D eigenvalue weighted by molar-refractivity contribution is 7.07. The van der Waals surface area contributed by atoms with Gasteiger partial charge in [-0.3, -0.25) is 10.1 Å². The summed E-state index contributed by atoms with van der Waals surface area (Å²) in [6, 6.07) is 2.01. The maximum Gasteiger partial charge on any atom is 0.235 e. The highest BCUT2D eigenvalue weighted by Gasteiger charge is 2.20. The Hall–Kier alpha value is -0.870. The molecule has 0 saturated carbocycles. The van der Waals surface area contributed by atoms with Crippen LogP contribution in [0, 0.1) is 0 Å². The molecule has 1 aliphatic rings. The van der Waals surface area contributed by atoms with Crippen molar-refractivity contribution in [3.63, 3.8) is 0 Å².